The molecule has 4 heteroatoms. The Kier molecular flexibility index (Phi) is 2.84. The van der Waals surface area contributed by atoms with E-state index in [9.17, 15) is 9.50 Å². The second-order valence-corrected chi connectivity index (χ2v) is 5.46. The van der Waals surface area contributed by atoms with Crippen molar-refractivity contribution in [2.45, 2.75) is 25.6 Å². The average molecular weight is 264 g/mol. The molecular weight excluding hydrogens is 251 g/mol. The zero-order chi connectivity index (χ0) is 12.7. The van der Waals surface area contributed by atoms with Crippen LogP contribution in [0.5, 0.6) is 5.75 Å². The first kappa shape index (κ1) is 11.7. The van der Waals surface area contributed by atoms with Crippen LogP contribution >= 0.6 is 11.3 Å². The fraction of sp³-hybridized carbons (Fsp3) is 0.286. The maximum absolute atomic E-state index is 13.1. The van der Waals surface area contributed by atoms with Gasteiger partial charge in [0.15, 0.2) is 0 Å². The van der Waals surface area contributed by atoms with Crippen molar-refractivity contribution in [3.05, 3.63) is 51.5 Å². The molecular formula is C14H13FO2S. The van der Waals surface area contributed by atoms with E-state index < -0.39 is 6.10 Å². The van der Waals surface area contributed by atoms with Gasteiger partial charge in [-0.25, -0.2) is 4.39 Å². The molecule has 3 rings (SSSR count). The minimum absolute atomic E-state index is 0.141. The minimum Gasteiger partial charge on any atom is -0.484 e. The molecule has 0 spiro atoms. The highest BCUT2D eigenvalue weighted by molar-refractivity contribution is 7.10. The van der Waals surface area contributed by atoms with E-state index in [0.29, 0.717) is 17.7 Å². The summed E-state index contributed by atoms with van der Waals surface area (Å²) >= 11 is 1.63. The highest BCUT2D eigenvalue weighted by Crippen LogP contribution is 2.42. The van der Waals surface area contributed by atoms with Crippen LogP contribution in [0.25, 0.3) is 0 Å². The number of hydrogen-bond acceptors (Lipinski definition) is 3. The summed E-state index contributed by atoms with van der Waals surface area (Å²) in [6, 6.07) is 6.33. The lowest BCUT2D eigenvalue weighted by Crippen LogP contribution is -2.19. The molecule has 2 atom stereocenters. The quantitative estimate of drug-likeness (QED) is 0.850. The molecule has 2 aromatic rings. The van der Waals surface area contributed by atoms with Crippen molar-refractivity contribution in [2.75, 3.05) is 0 Å². The third kappa shape index (κ3) is 1.91. The Bertz CT molecular complexity index is 579. The zero-order valence-corrected chi connectivity index (χ0v) is 10.7. The summed E-state index contributed by atoms with van der Waals surface area (Å²) in [6.07, 6.45) is -0.341. The van der Waals surface area contributed by atoms with Crippen molar-refractivity contribution in [3.63, 3.8) is 0 Å². The Hall–Kier alpha value is -1.39. The van der Waals surface area contributed by atoms with Crippen LogP contribution in [-0.4, -0.2) is 5.11 Å². The fourth-order valence-electron chi connectivity index (χ4n) is 2.29. The van der Waals surface area contributed by atoms with Gasteiger partial charge >= 0.3 is 0 Å². The Morgan fingerprint density at radius 3 is 2.94 bits per heavy atom. The van der Waals surface area contributed by atoms with E-state index in [4.69, 9.17) is 4.74 Å². The molecule has 18 heavy (non-hydrogen) atoms. The van der Waals surface area contributed by atoms with Crippen LogP contribution < -0.4 is 4.74 Å². The lowest BCUT2D eigenvalue weighted by Gasteiger charge is -2.29. The largest absolute Gasteiger partial charge is 0.484 e. The molecule has 1 aromatic heterocycles. The second-order valence-electron chi connectivity index (χ2n) is 4.51. The van der Waals surface area contributed by atoms with Crippen molar-refractivity contribution in [3.8, 4) is 5.75 Å². The Morgan fingerprint density at radius 2 is 2.22 bits per heavy atom. The van der Waals surface area contributed by atoms with Crippen molar-refractivity contribution < 1.29 is 14.2 Å². The molecule has 1 aliphatic heterocycles. The lowest BCUT2D eigenvalue weighted by molar-refractivity contribution is 0.0668. The number of fused-ring (bicyclic) bond motifs is 1. The monoisotopic (exact) mass is 264 g/mol. The number of aliphatic hydroxyl groups excluding tert-OH is 1. The Labute approximate surface area is 109 Å². The number of hydrogen-bond donors (Lipinski definition) is 1. The molecule has 1 aliphatic rings. The van der Waals surface area contributed by atoms with Gasteiger partial charge < -0.3 is 9.84 Å². The SMILES string of the molecule is Cc1ccsc1C1C[C@H](O)c2cc(F)ccc2O1. The van der Waals surface area contributed by atoms with E-state index in [-0.39, 0.29) is 11.9 Å². The molecule has 1 aromatic carbocycles. The zero-order valence-electron chi connectivity index (χ0n) is 9.89. The smallest absolute Gasteiger partial charge is 0.136 e. The lowest BCUT2D eigenvalue weighted by atomic mass is 9.97. The first-order valence-corrected chi connectivity index (χ1v) is 6.71. The molecule has 0 radical (unpaired) electrons. The Morgan fingerprint density at radius 1 is 1.39 bits per heavy atom. The van der Waals surface area contributed by atoms with Gasteiger partial charge in [-0.1, -0.05) is 0 Å². The third-order valence-electron chi connectivity index (χ3n) is 3.23. The molecule has 1 N–H and O–H groups in total. The maximum atomic E-state index is 13.1. The summed E-state index contributed by atoms with van der Waals surface area (Å²) in [5.41, 5.74) is 1.71. The van der Waals surface area contributed by atoms with Gasteiger partial charge in [-0.3, -0.25) is 0 Å². The number of halogens is 1. The second kappa shape index (κ2) is 4.37. The predicted molar refractivity (Wildman–Crippen MR) is 68.4 cm³/mol. The topological polar surface area (TPSA) is 29.5 Å². The number of aliphatic hydroxyl groups is 1. The highest BCUT2D eigenvalue weighted by atomic mass is 32.1. The molecule has 1 unspecified atom stereocenters. The van der Waals surface area contributed by atoms with E-state index in [1.165, 1.54) is 17.7 Å². The van der Waals surface area contributed by atoms with Gasteiger partial charge in [0.1, 0.15) is 17.7 Å². The van der Waals surface area contributed by atoms with Gasteiger partial charge in [-0.2, -0.15) is 0 Å². The minimum atomic E-state index is -0.670. The highest BCUT2D eigenvalue weighted by Gasteiger charge is 2.29. The number of benzene rings is 1. The van der Waals surface area contributed by atoms with E-state index in [1.54, 1.807) is 17.4 Å². The van der Waals surface area contributed by atoms with Gasteiger partial charge in [0.05, 0.1) is 6.10 Å². The molecule has 0 bridgehead atoms. The fourth-order valence-corrected chi connectivity index (χ4v) is 3.26. The number of thiophene rings is 1. The number of aryl methyl sites for hydroxylation is 1. The van der Waals surface area contributed by atoms with Crippen LogP contribution in [0.2, 0.25) is 0 Å². The van der Waals surface area contributed by atoms with E-state index >= 15 is 0 Å². The van der Waals surface area contributed by atoms with Crippen LogP contribution in [0.3, 0.4) is 0 Å². The first-order chi connectivity index (χ1) is 8.65. The van der Waals surface area contributed by atoms with Crippen molar-refractivity contribution in [1.29, 1.82) is 0 Å². The normalized spacial score (nSPS) is 22.4. The van der Waals surface area contributed by atoms with E-state index in [0.717, 1.165) is 4.88 Å². The van der Waals surface area contributed by atoms with Crippen molar-refractivity contribution in [2.24, 2.45) is 0 Å². The predicted octanol–water partition coefficient (Wildman–Crippen LogP) is 3.75. The number of rotatable bonds is 1. The summed E-state index contributed by atoms with van der Waals surface area (Å²) < 4.78 is 19.0. The van der Waals surface area contributed by atoms with Crippen LogP contribution in [0.4, 0.5) is 4.39 Å². The summed E-state index contributed by atoms with van der Waals surface area (Å²) in [5, 5.41) is 12.1. The van der Waals surface area contributed by atoms with Crippen LogP contribution in [0.1, 0.15) is 34.6 Å². The van der Waals surface area contributed by atoms with Crippen LogP contribution in [0, 0.1) is 12.7 Å². The summed E-state index contributed by atoms with van der Waals surface area (Å²) in [6.45, 7) is 2.03. The molecule has 0 amide bonds. The Balaban J connectivity index is 1.97. The van der Waals surface area contributed by atoms with Gasteiger partial charge in [0.25, 0.3) is 0 Å². The van der Waals surface area contributed by atoms with Crippen LogP contribution in [0.15, 0.2) is 29.6 Å². The maximum Gasteiger partial charge on any atom is 0.136 e. The van der Waals surface area contributed by atoms with Crippen LogP contribution in [-0.2, 0) is 0 Å². The number of ether oxygens (including phenoxy) is 1. The molecule has 0 aliphatic carbocycles. The summed E-state index contributed by atoms with van der Waals surface area (Å²) in [4.78, 5) is 1.13. The van der Waals surface area contributed by atoms with E-state index in [1.807, 2.05) is 18.4 Å². The van der Waals surface area contributed by atoms with Gasteiger partial charge in [-0.05, 0) is 42.1 Å². The van der Waals surface area contributed by atoms with E-state index in [2.05, 4.69) is 0 Å². The van der Waals surface area contributed by atoms with Gasteiger partial charge in [0.2, 0.25) is 0 Å². The third-order valence-corrected chi connectivity index (χ3v) is 4.34. The van der Waals surface area contributed by atoms with Gasteiger partial charge in [0, 0.05) is 16.9 Å². The molecule has 2 nitrogen and oxygen atoms in total. The molecule has 0 saturated carbocycles. The van der Waals surface area contributed by atoms with Gasteiger partial charge in [-0.15, -0.1) is 11.3 Å². The molecule has 0 fully saturated rings. The molecule has 0 saturated heterocycles. The van der Waals surface area contributed by atoms with Crippen molar-refractivity contribution >= 4 is 11.3 Å². The molecule has 2 heterocycles. The average Bonchev–Trinajstić information content (AvgIpc) is 2.76. The van der Waals surface area contributed by atoms with Crippen molar-refractivity contribution in [1.82, 2.24) is 0 Å². The molecule has 94 valence electrons. The first-order valence-electron chi connectivity index (χ1n) is 5.83. The summed E-state index contributed by atoms with van der Waals surface area (Å²) in [5.74, 6) is 0.232. The standard InChI is InChI=1S/C14H13FO2S/c1-8-4-5-18-14(8)13-7-11(16)10-6-9(15)2-3-12(10)17-13/h2-6,11,13,16H,7H2,1H3/t11-,13?/m0/s1. The summed E-state index contributed by atoms with van der Waals surface area (Å²) in [7, 11) is 0.